The summed E-state index contributed by atoms with van der Waals surface area (Å²) in [6.07, 6.45) is 4.21. The molecule has 0 unspecified atom stereocenters. The summed E-state index contributed by atoms with van der Waals surface area (Å²) in [4.78, 5) is 16.4. The predicted octanol–water partition coefficient (Wildman–Crippen LogP) is 3.15. The third-order valence-corrected chi connectivity index (χ3v) is 4.20. The molecule has 1 aromatic heterocycles. The van der Waals surface area contributed by atoms with Crippen LogP contribution >= 0.6 is 0 Å². The Bertz CT molecular complexity index is 744. The molecule has 5 nitrogen and oxygen atoms in total. The van der Waals surface area contributed by atoms with Crippen LogP contribution in [0, 0.1) is 11.6 Å². The molecule has 0 aliphatic heterocycles. The molecular formula is C18H19F2N3O2. The van der Waals surface area contributed by atoms with E-state index in [2.05, 4.69) is 10.3 Å². The number of hydrogen-bond donors (Lipinski definition) is 2. The molecule has 0 saturated heterocycles. The summed E-state index contributed by atoms with van der Waals surface area (Å²) in [7, 11) is 0. The number of carbonyl (C=O) groups excluding carboxylic acids is 1. The molecule has 7 heteroatoms. The smallest absolute Gasteiger partial charge is 0.257 e. The standard InChI is InChI=1S/C18H19F2N3O2/c19-11-1-7-15(8-2-11)25-18-16(9-12(20)10-22-18)17(24)23-14-5-3-13(21)4-6-14/h1-2,7-10,13-14H,3-6,21H2,(H,23,24). The van der Waals surface area contributed by atoms with Crippen molar-refractivity contribution >= 4 is 5.91 Å². The highest BCUT2D eigenvalue weighted by Crippen LogP contribution is 2.25. The number of hydrogen-bond acceptors (Lipinski definition) is 4. The lowest BCUT2D eigenvalue weighted by Gasteiger charge is -2.26. The zero-order valence-electron chi connectivity index (χ0n) is 13.5. The van der Waals surface area contributed by atoms with E-state index in [9.17, 15) is 13.6 Å². The van der Waals surface area contributed by atoms with Crippen LogP contribution in [0.3, 0.4) is 0 Å². The molecule has 1 aliphatic rings. The molecule has 3 N–H and O–H groups in total. The van der Waals surface area contributed by atoms with Crippen molar-refractivity contribution in [2.24, 2.45) is 5.73 Å². The van der Waals surface area contributed by atoms with E-state index in [-0.39, 0.29) is 23.5 Å². The van der Waals surface area contributed by atoms with E-state index in [1.807, 2.05) is 0 Å². The van der Waals surface area contributed by atoms with Crippen LogP contribution in [0.5, 0.6) is 11.6 Å². The molecule has 0 radical (unpaired) electrons. The van der Waals surface area contributed by atoms with Crippen molar-refractivity contribution < 1.29 is 18.3 Å². The molecule has 2 aromatic rings. The van der Waals surface area contributed by atoms with E-state index in [0.717, 1.165) is 37.9 Å². The van der Waals surface area contributed by atoms with Crippen molar-refractivity contribution in [3.8, 4) is 11.6 Å². The molecule has 132 valence electrons. The summed E-state index contributed by atoms with van der Waals surface area (Å²) in [6, 6.07) is 6.51. The summed E-state index contributed by atoms with van der Waals surface area (Å²) in [5.41, 5.74) is 5.86. The number of halogens is 2. The quantitative estimate of drug-likeness (QED) is 0.891. The maximum Gasteiger partial charge on any atom is 0.257 e. The average Bonchev–Trinajstić information content (AvgIpc) is 2.60. The van der Waals surface area contributed by atoms with Gasteiger partial charge in [0.25, 0.3) is 5.91 Å². The first-order chi connectivity index (χ1) is 12.0. The Balaban J connectivity index is 1.76. The summed E-state index contributed by atoms with van der Waals surface area (Å²) in [5.74, 6) is -1.23. The highest BCUT2D eigenvalue weighted by Gasteiger charge is 2.23. The first-order valence-corrected chi connectivity index (χ1v) is 8.16. The van der Waals surface area contributed by atoms with Gasteiger partial charge in [0.05, 0.1) is 6.20 Å². The minimum absolute atomic E-state index is 0.000744. The van der Waals surface area contributed by atoms with Gasteiger partial charge in [-0.25, -0.2) is 13.8 Å². The van der Waals surface area contributed by atoms with E-state index in [1.54, 1.807) is 0 Å². The zero-order chi connectivity index (χ0) is 17.8. The number of nitrogens with one attached hydrogen (secondary N) is 1. The molecule has 1 saturated carbocycles. The monoisotopic (exact) mass is 347 g/mol. The Hall–Kier alpha value is -2.54. The SMILES string of the molecule is NC1CCC(NC(=O)c2cc(F)cnc2Oc2ccc(F)cc2)CC1. The highest BCUT2D eigenvalue weighted by molar-refractivity contribution is 5.96. The van der Waals surface area contributed by atoms with Gasteiger partial charge in [0.2, 0.25) is 5.88 Å². The lowest BCUT2D eigenvalue weighted by molar-refractivity contribution is 0.0922. The first kappa shape index (κ1) is 17.3. The second kappa shape index (κ2) is 7.57. The molecule has 1 aliphatic carbocycles. The minimum Gasteiger partial charge on any atom is -0.438 e. The van der Waals surface area contributed by atoms with Gasteiger partial charge < -0.3 is 15.8 Å². The van der Waals surface area contributed by atoms with E-state index < -0.39 is 17.5 Å². The number of pyridine rings is 1. The molecule has 0 bridgehead atoms. The summed E-state index contributed by atoms with van der Waals surface area (Å²) in [5, 5.41) is 2.88. The number of rotatable bonds is 4. The largest absolute Gasteiger partial charge is 0.438 e. The zero-order valence-corrected chi connectivity index (χ0v) is 13.5. The van der Waals surface area contributed by atoms with Gasteiger partial charge in [0, 0.05) is 12.1 Å². The normalized spacial score (nSPS) is 20.1. The molecule has 1 aromatic carbocycles. The van der Waals surface area contributed by atoms with Crippen molar-refractivity contribution in [1.82, 2.24) is 10.3 Å². The van der Waals surface area contributed by atoms with Gasteiger partial charge in [0.1, 0.15) is 22.9 Å². The lowest BCUT2D eigenvalue weighted by atomic mass is 9.91. The molecule has 3 rings (SSSR count). The Morgan fingerprint density at radius 3 is 2.48 bits per heavy atom. The Morgan fingerprint density at radius 1 is 1.12 bits per heavy atom. The summed E-state index contributed by atoms with van der Waals surface area (Å²) in [6.45, 7) is 0. The van der Waals surface area contributed by atoms with Gasteiger partial charge >= 0.3 is 0 Å². The van der Waals surface area contributed by atoms with Crippen LogP contribution in [0.15, 0.2) is 36.5 Å². The number of ether oxygens (including phenoxy) is 1. The van der Waals surface area contributed by atoms with E-state index in [1.165, 1.54) is 24.3 Å². The van der Waals surface area contributed by atoms with Crippen LogP contribution in [0.25, 0.3) is 0 Å². The Morgan fingerprint density at radius 2 is 1.80 bits per heavy atom. The van der Waals surface area contributed by atoms with Gasteiger partial charge in [-0.05, 0) is 56.0 Å². The van der Waals surface area contributed by atoms with Crippen LogP contribution in [-0.2, 0) is 0 Å². The fourth-order valence-corrected chi connectivity index (χ4v) is 2.81. The molecule has 1 amide bonds. The van der Waals surface area contributed by atoms with Gasteiger partial charge in [-0.1, -0.05) is 0 Å². The fraction of sp³-hybridized carbons (Fsp3) is 0.333. The van der Waals surface area contributed by atoms with Crippen LogP contribution in [0.2, 0.25) is 0 Å². The Labute approximate surface area is 144 Å². The van der Waals surface area contributed by atoms with Crippen molar-refractivity contribution in [1.29, 1.82) is 0 Å². The fourth-order valence-electron chi connectivity index (χ4n) is 2.81. The second-order valence-electron chi connectivity index (χ2n) is 6.15. The Kier molecular flexibility index (Phi) is 5.23. The number of nitrogens with zero attached hydrogens (tertiary/aromatic N) is 1. The average molecular weight is 347 g/mol. The topological polar surface area (TPSA) is 77.2 Å². The van der Waals surface area contributed by atoms with Crippen LogP contribution < -0.4 is 15.8 Å². The molecular weight excluding hydrogens is 328 g/mol. The van der Waals surface area contributed by atoms with Crippen molar-refractivity contribution in [2.75, 3.05) is 0 Å². The molecule has 25 heavy (non-hydrogen) atoms. The van der Waals surface area contributed by atoms with Crippen molar-refractivity contribution in [3.05, 3.63) is 53.7 Å². The number of aromatic nitrogens is 1. The number of carbonyl (C=O) groups is 1. The molecule has 1 fully saturated rings. The maximum absolute atomic E-state index is 13.6. The molecule has 0 spiro atoms. The number of benzene rings is 1. The van der Waals surface area contributed by atoms with E-state index in [4.69, 9.17) is 10.5 Å². The molecule has 0 atom stereocenters. The third-order valence-electron chi connectivity index (χ3n) is 4.20. The van der Waals surface area contributed by atoms with E-state index in [0.29, 0.717) is 5.75 Å². The summed E-state index contributed by atoms with van der Waals surface area (Å²) < 4.78 is 32.1. The number of nitrogens with two attached hydrogens (primary N) is 1. The minimum atomic E-state index is -0.637. The highest BCUT2D eigenvalue weighted by atomic mass is 19.1. The van der Waals surface area contributed by atoms with Crippen LogP contribution in [-0.4, -0.2) is 23.0 Å². The first-order valence-electron chi connectivity index (χ1n) is 8.16. The van der Waals surface area contributed by atoms with Crippen molar-refractivity contribution in [3.63, 3.8) is 0 Å². The second-order valence-corrected chi connectivity index (χ2v) is 6.15. The number of amides is 1. The maximum atomic E-state index is 13.6. The van der Waals surface area contributed by atoms with Gasteiger partial charge in [-0.3, -0.25) is 4.79 Å². The van der Waals surface area contributed by atoms with Gasteiger partial charge in [-0.15, -0.1) is 0 Å². The van der Waals surface area contributed by atoms with E-state index >= 15 is 0 Å². The predicted molar refractivity (Wildman–Crippen MR) is 88.4 cm³/mol. The van der Waals surface area contributed by atoms with Gasteiger partial charge in [0.15, 0.2) is 0 Å². The van der Waals surface area contributed by atoms with Crippen LogP contribution in [0.1, 0.15) is 36.0 Å². The van der Waals surface area contributed by atoms with Crippen molar-refractivity contribution in [2.45, 2.75) is 37.8 Å². The lowest BCUT2D eigenvalue weighted by Crippen LogP contribution is -2.40. The van der Waals surface area contributed by atoms with Gasteiger partial charge in [-0.2, -0.15) is 0 Å². The molecule has 1 heterocycles. The van der Waals surface area contributed by atoms with Crippen LogP contribution in [0.4, 0.5) is 8.78 Å². The summed E-state index contributed by atoms with van der Waals surface area (Å²) >= 11 is 0. The third kappa shape index (κ3) is 4.51.